The molecule has 152 valence electrons. The molecule has 1 saturated heterocycles. The molecule has 5 nitrogen and oxygen atoms in total. The molecule has 2 heterocycles. The maximum absolute atomic E-state index is 6.20. The lowest BCUT2D eigenvalue weighted by atomic mass is 9.95. The number of unbranched alkanes of at least 4 members (excludes halogenated alkanes) is 2. The minimum Gasteiger partial charge on any atom is -0.379 e. The molecular formula is C21H35N3O2S. The van der Waals surface area contributed by atoms with Crippen LogP contribution < -0.4 is 0 Å². The summed E-state index contributed by atoms with van der Waals surface area (Å²) < 4.78 is 11.7. The van der Waals surface area contributed by atoms with Crippen molar-refractivity contribution in [1.82, 2.24) is 14.8 Å². The van der Waals surface area contributed by atoms with Gasteiger partial charge in [-0.3, -0.25) is 9.88 Å². The number of ether oxygens (including phenoxy) is 2. The largest absolute Gasteiger partial charge is 0.379 e. The summed E-state index contributed by atoms with van der Waals surface area (Å²) >= 11 is 6.09. The predicted octanol–water partition coefficient (Wildman–Crippen LogP) is 3.49. The summed E-state index contributed by atoms with van der Waals surface area (Å²) in [6.45, 7) is 10.4. The SMILES string of the molecule is CCCCN(CCCC)C(=S)C(CN1CCOCC1)(OC)c1ccccn1. The number of hydrogen-bond donors (Lipinski definition) is 0. The third-order valence-corrected chi connectivity index (χ3v) is 5.76. The molecule has 0 saturated carbocycles. The van der Waals surface area contributed by atoms with Gasteiger partial charge in [-0.1, -0.05) is 45.0 Å². The Bertz CT molecular complexity index is 544. The highest BCUT2D eigenvalue weighted by Crippen LogP contribution is 2.30. The van der Waals surface area contributed by atoms with Crippen LogP contribution in [-0.4, -0.2) is 72.8 Å². The maximum atomic E-state index is 6.20. The zero-order chi connectivity index (χ0) is 19.5. The summed E-state index contributed by atoms with van der Waals surface area (Å²) in [7, 11) is 1.76. The van der Waals surface area contributed by atoms with Crippen LogP contribution in [0.15, 0.2) is 24.4 Å². The van der Waals surface area contributed by atoms with Gasteiger partial charge in [-0.15, -0.1) is 0 Å². The molecule has 1 aromatic heterocycles. The predicted molar refractivity (Wildman–Crippen MR) is 114 cm³/mol. The molecule has 0 amide bonds. The van der Waals surface area contributed by atoms with E-state index in [1.165, 1.54) is 0 Å². The van der Waals surface area contributed by atoms with E-state index in [-0.39, 0.29) is 0 Å². The standard InChI is InChI=1S/C21H35N3O2S/c1-4-6-12-24(13-7-5-2)20(27)21(25-3,19-10-8-9-11-22-19)18-23-14-16-26-17-15-23/h8-11H,4-7,12-18H2,1-3H3. The Labute approximate surface area is 170 Å². The molecule has 2 rings (SSSR count). The molecule has 0 bridgehead atoms. The van der Waals surface area contributed by atoms with Crippen LogP contribution in [0.25, 0.3) is 0 Å². The fourth-order valence-corrected chi connectivity index (χ4v) is 3.89. The number of rotatable bonds is 11. The van der Waals surface area contributed by atoms with Crippen LogP contribution in [-0.2, 0) is 15.1 Å². The highest BCUT2D eigenvalue weighted by atomic mass is 32.1. The number of nitrogens with zero attached hydrogens (tertiary/aromatic N) is 3. The molecule has 1 atom stereocenters. The van der Waals surface area contributed by atoms with Gasteiger partial charge in [-0.2, -0.15) is 0 Å². The number of morpholine rings is 1. The Hall–Kier alpha value is -1.08. The van der Waals surface area contributed by atoms with Crippen molar-refractivity contribution in [2.45, 2.75) is 45.1 Å². The average molecular weight is 394 g/mol. The van der Waals surface area contributed by atoms with Crippen molar-refractivity contribution in [3.05, 3.63) is 30.1 Å². The molecule has 0 spiro atoms. The molecule has 6 heteroatoms. The average Bonchev–Trinajstić information content (AvgIpc) is 2.73. The summed E-state index contributed by atoms with van der Waals surface area (Å²) in [5.41, 5.74) is 0.178. The molecule has 1 aliphatic heterocycles. The number of hydrogen-bond acceptors (Lipinski definition) is 5. The van der Waals surface area contributed by atoms with Gasteiger partial charge in [-0.05, 0) is 25.0 Å². The molecule has 1 aromatic rings. The van der Waals surface area contributed by atoms with Crippen LogP contribution in [0.1, 0.15) is 45.2 Å². The first-order valence-corrected chi connectivity index (χ1v) is 10.6. The van der Waals surface area contributed by atoms with Crippen molar-refractivity contribution in [1.29, 1.82) is 0 Å². The minimum absolute atomic E-state index is 0.706. The van der Waals surface area contributed by atoms with Gasteiger partial charge in [0.05, 0.1) is 18.9 Å². The lowest BCUT2D eigenvalue weighted by molar-refractivity contribution is -0.0291. The Balaban J connectivity index is 2.34. The van der Waals surface area contributed by atoms with Gasteiger partial charge < -0.3 is 14.4 Å². The van der Waals surface area contributed by atoms with Gasteiger partial charge in [0.2, 0.25) is 0 Å². The van der Waals surface area contributed by atoms with E-state index in [9.17, 15) is 0 Å². The molecule has 1 unspecified atom stereocenters. The highest BCUT2D eigenvalue weighted by molar-refractivity contribution is 7.80. The lowest BCUT2D eigenvalue weighted by Gasteiger charge is -2.42. The summed E-state index contributed by atoms with van der Waals surface area (Å²) in [5, 5.41) is 0. The van der Waals surface area contributed by atoms with Crippen molar-refractivity contribution in [3.63, 3.8) is 0 Å². The molecule has 1 aliphatic rings. The molecule has 1 fully saturated rings. The summed E-state index contributed by atoms with van der Waals surface area (Å²) in [5.74, 6) is 0. The monoisotopic (exact) mass is 393 g/mol. The van der Waals surface area contributed by atoms with E-state index < -0.39 is 5.60 Å². The van der Waals surface area contributed by atoms with Crippen molar-refractivity contribution in [2.75, 3.05) is 53.0 Å². The van der Waals surface area contributed by atoms with Crippen LogP contribution in [0, 0.1) is 0 Å². The molecule has 0 radical (unpaired) electrons. The summed E-state index contributed by atoms with van der Waals surface area (Å²) in [6.07, 6.45) is 6.39. The van der Waals surface area contributed by atoms with E-state index in [0.717, 1.165) is 75.8 Å². The van der Waals surface area contributed by atoms with Crippen LogP contribution in [0.3, 0.4) is 0 Å². The lowest BCUT2D eigenvalue weighted by Crippen LogP contribution is -2.55. The van der Waals surface area contributed by atoms with Gasteiger partial charge in [0.1, 0.15) is 4.99 Å². The van der Waals surface area contributed by atoms with E-state index >= 15 is 0 Å². The fraction of sp³-hybridized carbons (Fsp3) is 0.714. The van der Waals surface area contributed by atoms with Crippen LogP contribution in [0.4, 0.5) is 0 Å². The number of thiocarbonyl (C=S) groups is 1. The number of methoxy groups -OCH3 is 1. The first kappa shape index (κ1) is 22.2. The Kier molecular flexibility index (Phi) is 9.62. The maximum Gasteiger partial charge on any atom is 0.172 e. The van der Waals surface area contributed by atoms with Crippen LogP contribution >= 0.6 is 12.2 Å². The summed E-state index contributed by atoms with van der Waals surface area (Å²) in [4.78, 5) is 10.2. The van der Waals surface area contributed by atoms with Crippen LogP contribution in [0.5, 0.6) is 0 Å². The van der Waals surface area contributed by atoms with Crippen molar-refractivity contribution in [2.24, 2.45) is 0 Å². The van der Waals surface area contributed by atoms with Crippen molar-refractivity contribution >= 4 is 17.2 Å². The molecule has 0 N–H and O–H groups in total. The van der Waals surface area contributed by atoms with Gasteiger partial charge >= 0.3 is 0 Å². The van der Waals surface area contributed by atoms with E-state index in [4.69, 9.17) is 21.7 Å². The molecular weight excluding hydrogens is 358 g/mol. The number of pyridine rings is 1. The Morgan fingerprint density at radius 1 is 1.22 bits per heavy atom. The quantitative estimate of drug-likeness (QED) is 0.536. The van der Waals surface area contributed by atoms with E-state index in [1.807, 2.05) is 24.4 Å². The first-order chi connectivity index (χ1) is 13.2. The fourth-order valence-electron chi connectivity index (χ4n) is 3.46. The van der Waals surface area contributed by atoms with Crippen molar-refractivity contribution in [3.8, 4) is 0 Å². The third kappa shape index (κ3) is 5.95. The zero-order valence-electron chi connectivity index (χ0n) is 17.2. The Morgan fingerprint density at radius 2 is 1.89 bits per heavy atom. The smallest absolute Gasteiger partial charge is 0.172 e. The van der Waals surface area contributed by atoms with Gasteiger partial charge in [-0.25, -0.2) is 0 Å². The van der Waals surface area contributed by atoms with E-state index in [1.54, 1.807) is 7.11 Å². The van der Waals surface area contributed by atoms with E-state index in [2.05, 4.69) is 28.6 Å². The zero-order valence-corrected chi connectivity index (χ0v) is 18.0. The second-order valence-corrected chi connectivity index (χ2v) is 7.52. The van der Waals surface area contributed by atoms with Gasteiger partial charge in [0.15, 0.2) is 5.60 Å². The topological polar surface area (TPSA) is 37.8 Å². The molecule has 27 heavy (non-hydrogen) atoms. The second kappa shape index (κ2) is 11.7. The summed E-state index contributed by atoms with van der Waals surface area (Å²) in [6, 6.07) is 5.99. The van der Waals surface area contributed by atoms with Crippen molar-refractivity contribution < 1.29 is 9.47 Å². The second-order valence-electron chi connectivity index (χ2n) is 7.13. The Morgan fingerprint density at radius 3 is 2.41 bits per heavy atom. The molecule has 0 aliphatic carbocycles. The first-order valence-electron chi connectivity index (χ1n) is 10.2. The highest BCUT2D eigenvalue weighted by Gasteiger charge is 2.42. The van der Waals surface area contributed by atoms with Gasteiger partial charge in [0.25, 0.3) is 0 Å². The normalized spacial score (nSPS) is 17.4. The number of aromatic nitrogens is 1. The minimum atomic E-state index is -0.713. The van der Waals surface area contributed by atoms with Crippen LogP contribution in [0.2, 0.25) is 0 Å². The molecule has 0 aromatic carbocycles. The third-order valence-electron chi connectivity index (χ3n) is 5.17. The van der Waals surface area contributed by atoms with E-state index in [0.29, 0.717) is 6.54 Å². The van der Waals surface area contributed by atoms with Gasteiger partial charge in [0, 0.05) is 46.0 Å².